The van der Waals surface area contributed by atoms with Crippen LogP contribution in [-0.4, -0.2) is 36.0 Å². The zero-order valence-corrected chi connectivity index (χ0v) is 10.7. The number of nitro benzene ring substituents is 1. The standard InChI is InChI=1S/C12H11NO7/c1-19-10-6-7(9(14)3-4-11(15)16)5-8(13(17)18)12(10)20-2/h3-6H,1-2H3,(H,15,16)/b4-3+. The van der Waals surface area contributed by atoms with Crippen molar-refractivity contribution in [3.8, 4) is 11.5 Å². The van der Waals surface area contributed by atoms with Gasteiger partial charge >= 0.3 is 11.7 Å². The van der Waals surface area contributed by atoms with Gasteiger partial charge in [-0.25, -0.2) is 4.79 Å². The summed E-state index contributed by atoms with van der Waals surface area (Å²) in [6, 6.07) is 2.23. The van der Waals surface area contributed by atoms with Crippen molar-refractivity contribution in [3.63, 3.8) is 0 Å². The van der Waals surface area contributed by atoms with Gasteiger partial charge in [-0.1, -0.05) is 0 Å². The molecule has 1 aromatic carbocycles. The molecule has 0 bridgehead atoms. The van der Waals surface area contributed by atoms with Gasteiger partial charge in [-0.2, -0.15) is 0 Å². The molecular weight excluding hydrogens is 270 g/mol. The molecule has 0 heterocycles. The zero-order valence-electron chi connectivity index (χ0n) is 10.7. The first-order valence-electron chi connectivity index (χ1n) is 5.26. The number of nitrogens with zero attached hydrogens (tertiary/aromatic N) is 1. The van der Waals surface area contributed by atoms with Gasteiger partial charge in [-0.3, -0.25) is 14.9 Å². The largest absolute Gasteiger partial charge is 0.493 e. The summed E-state index contributed by atoms with van der Waals surface area (Å²) in [5.41, 5.74) is -0.522. The van der Waals surface area contributed by atoms with Crippen LogP contribution in [0.3, 0.4) is 0 Å². The molecule has 20 heavy (non-hydrogen) atoms. The third kappa shape index (κ3) is 3.31. The lowest BCUT2D eigenvalue weighted by Crippen LogP contribution is -2.02. The highest BCUT2D eigenvalue weighted by Crippen LogP contribution is 2.38. The van der Waals surface area contributed by atoms with Crippen LogP contribution in [0.2, 0.25) is 0 Å². The highest BCUT2D eigenvalue weighted by atomic mass is 16.6. The van der Waals surface area contributed by atoms with Gasteiger partial charge in [-0.15, -0.1) is 0 Å². The molecule has 0 radical (unpaired) electrons. The van der Waals surface area contributed by atoms with Crippen LogP contribution in [0, 0.1) is 10.1 Å². The second-order valence-electron chi connectivity index (χ2n) is 3.52. The monoisotopic (exact) mass is 281 g/mol. The molecule has 0 aliphatic heterocycles. The lowest BCUT2D eigenvalue weighted by atomic mass is 10.1. The normalized spacial score (nSPS) is 10.3. The SMILES string of the molecule is COc1cc(C(=O)/C=C/C(=O)O)cc([N+](=O)[O-])c1OC. The van der Waals surface area contributed by atoms with Gasteiger partial charge in [0.05, 0.1) is 19.1 Å². The van der Waals surface area contributed by atoms with Crippen molar-refractivity contribution in [2.45, 2.75) is 0 Å². The first kappa shape index (κ1) is 15.2. The fourth-order valence-electron chi connectivity index (χ4n) is 1.47. The number of hydrogen-bond acceptors (Lipinski definition) is 6. The summed E-state index contributed by atoms with van der Waals surface area (Å²) >= 11 is 0. The second kappa shape index (κ2) is 6.32. The van der Waals surface area contributed by atoms with Crippen LogP contribution in [0.25, 0.3) is 0 Å². The Labute approximate surface area is 113 Å². The van der Waals surface area contributed by atoms with Crippen molar-refractivity contribution < 1.29 is 29.1 Å². The maximum Gasteiger partial charge on any atom is 0.328 e. The van der Waals surface area contributed by atoms with Crippen LogP contribution in [0.15, 0.2) is 24.3 Å². The lowest BCUT2D eigenvalue weighted by Gasteiger charge is -2.09. The van der Waals surface area contributed by atoms with Gasteiger partial charge in [0.15, 0.2) is 11.5 Å². The van der Waals surface area contributed by atoms with E-state index in [-0.39, 0.29) is 17.1 Å². The number of ketones is 1. The van der Waals surface area contributed by atoms with Gasteiger partial charge in [0.25, 0.3) is 0 Å². The maximum absolute atomic E-state index is 11.7. The topological polar surface area (TPSA) is 116 Å². The predicted molar refractivity (Wildman–Crippen MR) is 67.3 cm³/mol. The highest BCUT2D eigenvalue weighted by Gasteiger charge is 2.23. The Morgan fingerprint density at radius 1 is 1.25 bits per heavy atom. The molecule has 1 aromatic rings. The number of nitro groups is 1. The minimum Gasteiger partial charge on any atom is -0.493 e. The third-order valence-corrected chi connectivity index (χ3v) is 2.32. The minimum absolute atomic E-state index is 0.00812. The molecule has 0 amide bonds. The number of carbonyl (C=O) groups is 2. The van der Waals surface area contributed by atoms with Crippen LogP contribution in [0.4, 0.5) is 5.69 Å². The number of methoxy groups -OCH3 is 2. The lowest BCUT2D eigenvalue weighted by molar-refractivity contribution is -0.385. The molecule has 0 unspecified atom stereocenters. The van der Waals surface area contributed by atoms with Crippen molar-refractivity contribution in [2.75, 3.05) is 14.2 Å². The van der Waals surface area contributed by atoms with E-state index in [1.807, 2.05) is 0 Å². The Kier molecular flexibility index (Phi) is 4.79. The number of allylic oxidation sites excluding steroid dienone is 1. The summed E-state index contributed by atoms with van der Waals surface area (Å²) in [7, 11) is 2.50. The smallest absolute Gasteiger partial charge is 0.328 e. The van der Waals surface area contributed by atoms with Crippen LogP contribution < -0.4 is 9.47 Å². The number of rotatable bonds is 6. The number of carboxylic acid groups (broad SMARTS) is 1. The molecule has 0 fully saturated rings. The highest BCUT2D eigenvalue weighted by molar-refractivity contribution is 6.07. The fraction of sp³-hybridized carbons (Fsp3) is 0.167. The molecule has 0 saturated heterocycles. The molecule has 0 aliphatic carbocycles. The fourth-order valence-corrected chi connectivity index (χ4v) is 1.47. The molecule has 1 N–H and O–H groups in total. The van der Waals surface area contributed by atoms with E-state index in [9.17, 15) is 19.7 Å². The summed E-state index contributed by atoms with van der Waals surface area (Å²) in [5, 5.41) is 19.4. The maximum atomic E-state index is 11.7. The van der Waals surface area contributed by atoms with E-state index in [1.54, 1.807) is 0 Å². The van der Waals surface area contributed by atoms with E-state index in [2.05, 4.69) is 0 Å². The molecule has 0 saturated carbocycles. The van der Waals surface area contributed by atoms with Gasteiger partial charge in [0.2, 0.25) is 5.75 Å². The summed E-state index contributed by atoms with van der Waals surface area (Å²) in [6.07, 6.45) is 1.44. The van der Waals surface area contributed by atoms with E-state index in [1.165, 1.54) is 20.3 Å². The average Bonchev–Trinajstić information content (AvgIpc) is 2.42. The summed E-state index contributed by atoms with van der Waals surface area (Å²) in [5.74, 6) is -2.10. The van der Waals surface area contributed by atoms with Crippen molar-refractivity contribution >= 4 is 17.4 Å². The second-order valence-corrected chi connectivity index (χ2v) is 3.52. The summed E-state index contributed by atoms with van der Waals surface area (Å²) in [4.78, 5) is 32.3. The number of aliphatic carboxylic acids is 1. The van der Waals surface area contributed by atoms with E-state index < -0.39 is 22.4 Å². The summed E-state index contributed by atoms with van der Waals surface area (Å²) < 4.78 is 9.79. The van der Waals surface area contributed by atoms with Gasteiger partial charge in [0, 0.05) is 17.7 Å². The number of ether oxygens (including phenoxy) is 2. The molecule has 8 nitrogen and oxygen atoms in total. The molecule has 1 rings (SSSR count). The first-order valence-corrected chi connectivity index (χ1v) is 5.26. The molecule has 8 heteroatoms. The average molecular weight is 281 g/mol. The van der Waals surface area contributed by atoms with Crippen LogP contribution >= 0.6 is 0 Å². The third-order valence-electron chi connectivity index (χ3n) is 2.32. The first-order chi connectivity index (χ1) is 9.40. The molecule has 0 aliphatic rings. The van der Waals surface area contributed by atoms with E-state index >= 15 is 0 Å². The Bertz CT molecular complexity index is 592. The van der Waals surface area contributed by atoms with Crippen molar-refractivity contribution in [3.05, 3.63) is 40.0 Å². The quantitative estimate of drug-likeness (QED) is 0.363. The number of carboxylic acids is 1. The van der Waals surface area contributed by atoms with E-state index in [0.717, 1.165) is 12.1 Å². The van der Waals surface area contributed by atoms with Crippen molar-refractivity contribution in [1.29, 1.82) is 0 Å². The van der Waals surface area contributed by atoms with Crippen LogP contribution in [0.5, 0.6) is 11.5 Å². The van der Waals surface area contributed by atoms with Gasteiger partial charge in [0.1, 0.15) is 0 Å². The zero-order chi connectivity index (χ0) is 15.3. The van der Waals surface area contributed by atoms with Crippen molar-refractivity contribution in [1.82, 2.24) is 0 Å². The molecular formula is C12H11NO7. The van der Waals surface area contributed by atoms with E-state index in [0.29, 0.717) is 6.08 Å². The predicted octanol–water partition coefficient (Wildman–Crippen LogP) is 1.44. The number of carbonyl (C=O) groups excluding carboxylic acids is 1. The molecule has 0 aromatic heterocycles. The van der Waals surface area contributed by atoms with Crippen LogP contribution in [0.1, 0.15) is 10.4 Å². The van der Waals surface area contributed by atoms with Gasteiger partial charge in [-0.05, 0) is 12.1 Å². The summed E-state index contributed by atoms with van der Waals surface area (Å²) in [6.45, 7) is 0. The van der Waals surface area contributed by atoms with Crippen LogP contribution in [-0.2, 0) is 4.79 Å². The Hall–Kier alpha value is -2.90. The van der Waals surface area contributed by atoms with E-state index in [4.69, 9.17) is 14.6 Å². The molecule has 0 spiro atoms. The Balaban J connectivity index is 3.36. The molecule has 0 atom stereocenters. The number of hydrogen-bond donors (Lipinski definition) is 1. The van der Waals surface area contributed by atoms with Crippen molar-refractivity contribution in [2.24, 2.45) is 0 Å². The Morgan fingerprint density at radius 3 is 2.35 bits per heavy atom. The Morgan fingerprint density at radius 2 is 1.90 bits per heavy atom. The number of benzene rings is 1. The van der Waals surface area contributed by atoms with Gasteiger partial charge < -0.3 is 14.6 Å². The molecule has 106 valence electrons. The minimum atomic E-state index is -1.30.